The summed E-state index contributed by atoms with van der Waals surface area (Å²) < 4.78 is 1.58. The highest BCUT2D eigenvalue weighted by atomic mass is 32.1. The van der Waals surface area contributed by atoms with Gasteiger partial charge in [-0.2, -0.15) is 4.68 Å². The van der Waals surface area contributed by atoms with Crippen molar-refractivity contribution in [2.24, 2.45) is 0 Å². The quantitative estimate of drug-likeness (QED) is 0.793. The number of carbonyl (C=O) groups is 1. The average Bonchev–Trinajstić information content (AvgIpc) is 3.07. The first-order valence-corrected chi connectivity index (χ1v) is 6.75. The molecule has 0 bridgehead atoms. The van der Waals surface area contributed by atoms with Crippen molar-refractivity contribution >= 4 is 17.3 Å². The molecule has 7 heteroatoms. The lowest BCUT2D eigenvalue weighted by atomic mass is 10.1. The summed E-state index contributed by atoms with van der Waals surface area (Å²) in [6.07, 6.45) is 1.50. The Morgan fingerprint density at radius 2 is 2.10 bits per heavy atom. The van der Waals surface area contributed by atoms with Gasteiger partial charge in [-0.1, -0.05) is 35.5 Å². The van der Waals surface area contributed by atoms with E-state index in [4.69, 9.17) is 5.11 Å². The van der Waals surface area contributed by atoms with Crippen molar-refractivity contribution in [2.45, 2.75) is 6.42 Å². The summed E-state index contributed by atoms with van der Waals surface area (Å²) in [6, 6.07) is 9.47. The number of aromatic nitrogens is 4. The molecule has 0 saturated carbocycles. The molecular formula is C13H10N4O2S. The lowest BCUT2D eigenvalue weighted by molar-refractivity contribution is -0.136. The van der Waals surface area contributed by atoms with Crippen molar-refractivity contribution in [3.05, 3.63) is 47.6 Å². The topological polar surface area (TPSA) is 80.9 Å². The van der Waals surface area contributed by atoms with E-state index in [2.05, 4.69) is 15.3 Å². The summed E-state index contributed by atoms with van der Waals surface area (Å²) in [5.74, 6) is -0.937. The summed E-state index contributed by atoms with van der Waals surface area (Å²) in [6.45, 7) is 0. The van der Waals surface area contributed by atoms with Gasteiger partial charge in [-0.15, -0.1) is 16.4 Å². The minimum atomic E-state index is -0.937. The second-order valence-electron chi connectivity index (χ2n) is 4.05. The maximum Gasteiger partial charge on any atom is 0.309 e. The zero-order valence-corrected chi connectivity index (χ0v) is 11.1. The first-order valence-electron chi connectivity index (χ1n) is 5.87. The van der Waals surface area contributed by atoms with E-state index < -0.39 is 5.97 Å². The molecule has 0 aliphatic carbocycles. The Morgan fingerprint density at radius 1 is 1.30 bits per heavy atom. The normalized spacial score (nSPS) is 10.6. The molecule has 0 amide bonds. The molecule has 3 rings (SSSR count). The molecule has 0 aliphatic heterocycles. The van der Waals surface area contributed by atoms with Crippen molar-refractivity contribution in [3.63, 3.8) is 0 Å². The number of hydrogen-bond acceptors (Lipinski definition) is 5. The first kappa shape index (κ1) is 12.5. The fourth-order valence-electron chi connectivity index (χ4n) is 1.91. The van der Waals surface area contributed by atoms with Gasteiger partial charge in [-0.3, -0.25) is 4.79 Å². The van der Waals surface area contributed by atoms with Crippen LogP contribution in [0.4, 0.5) is 0 Å². The number of benzene rings is 1. The third-order valence-electron chi connectivity index (χ3n) is 2.71. The van der Waals surface area contributed by atoms with Gasteiger partial charge in [0.2, 0.25) is 5.13 Å². The highest BCUT2D eigenvalue weighted by Crippen LogP contribution is 2.26. The first-order chi connectivity index (χ1) is 9.75. The maximum absolute atomic E-state index is 11.0. The van der Waals surface area contributed by atoms with Crippen molar-refractivity contribution in [1.29, 1.82) is 0 Å². The molecule has 0 radical (unpaired) electrons. The molecule has 0 atom stereocenters. The maximum atomic E-state index is 11.0. The van der Waals surface area contributed by atoms with Crippen LogP contribution in [0, 0.1) is 0 Å². The minimum Gasteiger partial charge on any atom is -0.481 e. The molecule has 1 aromatic carbocycles. The molecule has 0 aliphatic rings. The van der Waals surface area contributed by atoms with E-state index >= 15 is 0 Å². The number of carboxylic acids is 1. The van der Waals surface area contributed by atoms with E-state index in [1.807, 2.05) is 35.7 Å². The third kappa shape index (κ3) is 2.30. The van der Waals surface area contributed by atoms with Crippen molar-refractivity contribution in [1.82, 2.24) is 20.0 Å². The van der Waals surface area contributed by atoms with E-state index in [0.29, 0.717) is 16.5 Å². The van der Waals surface area contributed by atoms with Crippen LogP contribution >= 0.6 is 11.3 Å². The van der Waals surface area contributed by atoms with Crippen LogP contribution in [-0.2, 0) is 11.2 Å². The number of rotatable bonds is 4. The number of carboxylic acid groups (broad SMARTS) is 1. The van der Waals surface area contributed by atoms with Crippen LogP contribution < -0.4 is 0 Å². The molecule has 0 unspecified atom stereocenters. The second kappa shape index (κ2) is 5.22. The number of thiazole rings is 1. The Kier molecular flexibility index (Phi) is 3.26. The van der Waals surface area contributed by atoms with Gasteiger partial charge in [0, 0.05) is 17.1 Å². The molecule has 2 heterocycles. The lowest BCUT2D eigenvalue weighted by Crippen LogP contribution is -2.03. The Bertz CT molecular complexity index is 722. The predicted molar refractivity (Wildman–Crippen MR) is 73.8 cm³/mol. The van der Waals surface area contributed by atoms with Gasteiger partial charge in [-0.25, -0.2) is 4.98 Å². The van der Waals surface area contributed by atoms with Gasteiger partial charge in [0.05, 0.1) is 6.42 Å². The van der Waals surface area contributed by atoms with E-state index in [0.717, 1.165) is 5.56 Å². The van der Waals surface area contributed by atoms with Crippen LogP contribution in [0.3, 0.4) is 0 Å². The van der Waals surface area contributed by atoms with Gasteiger partial charge in [0.25, 0.3) is 0 Å². The van der Waals surface area contributed by atoms with Gasteiger partial charge in [0.15, 0.2) is 0 Å². The molecule has 100 valence electrons. The highest BCUT2D eigenvalue weighted by molar-refractivity contribution is 7.12. The summed E-state index contributed by atoms with van der Waals surface area (Å²) in [4.78, 5) is 15.2. The Morgan fingerprint density at radius 3 is 2.75 bits per heavy atom. The fourth-order valence-corrected chi connectivity index (χ4v) is 2.51. The van der Waals surface area contributed by atoms with Crippen molar-refractivity contribution in [2.75, 3.05) is 0 Å². The summed E-state index contributed by atoms with van der Waals surface area (Å²) in [7, 11) is 0. The fraction of sp³-hybridized carbons (Fsp3) is 0.0769. The van der Waals surface area contributed by atoms with Crippen LogP contribution in [-0.4, -0.2) is 31.1 Å². The third-order valence-corrected chi connectivity index (χ3v) is 3.45. The Balaban J connectivity index is 2.17. The minimum absolute atomic E-state index is 0.171. The van der Waals surface area contributed by atoms with E-state index in [1.54, 1.807) is 10.9 Å². The van der Waals surface area contributed by atoms with Crippen LogP contribution in [0.5, 0.6) is 0 Å². The molecule has 6 nitrogen and oxygen atoms in total. The molecular weight excluding hydrogens is 276 g/mol. The van der Waals surface area contributed by atoms with Gasteiger partial charge in [-0.05, 0) is 0 Å². The summed E-state index contributed by atoms with van der Waals surface area (Å²) >= 11 is 1.42. The number of hydrogen-bond donors (Lipinski definition) is 1. The standard InChI is InChI=1S/C13H10N4O2S/c18-11(19)8-10-12(9-4-2-1-3-5-9)17(16-15-10)13-14-6-7-20-13/h1-7H,8H2,(H,18,19). The van der Waals surface area contributed by atoms with Gasteiger partial charge >= 0.3 is 5.97 Å². The molecule has 0 fully saturated rings. The van der Waals surface area contributed by atoms with Crippen LogP contribution in [0.25, 0.3) is 16.4 Å². The van der Waals surface area contributed by atoms with Crippen molar-refractivity contribution < 1.29 is 9.90 Å². The summed E-state index contributed by atoms with van der Waals surface area (Å²) in [5.41, 5.74) is 1.96. The van der Waals surface area contributed by atoms with Crippen LogP contribution in [0.1, 0.15) is 5.69 Å². The molecule has 2 aromatic heterocycles. The van der Waals surface area contributed by atoms with E-state index in [-0.39, 0.29) is 6.42 Å². The Labute approximate surface area is 118 Å². The Hall–Kier alpha value is -2.54. The van der Waals surface area contributed by atoms with Gasteiger partial charge in [0.1, 0.15) is 11.4 Å². The lowest BCUT2D eigenvalue weighted by Gasteiger charge is -2.04. The smallest absolute Gasteiger partial charge is 0.309 e. The SMILES string of the molecule is O=C(O)Cc1nnn(-c2nccs2)c1-c1ccccc1. The number of aliphatic carboxylic acids is 1. The largest absolute Gasteiger partial charge is 0.481 e. The van der Waals surface area contributed by atoms with Crippen molar-refractivity contribution in [3.8, 4) is 16.4 Å². The average molecular weight is 286 g/mol. The van der Waals surface area contributed by atoms with Crippen LogP contribution in [0.2, 0.25) is 0 Å². The van der Waals surface area contributed by atoms with Gasteiger partial charge < -0.3 is 5.11 Å². The molecule has 3 aromatic rings. The summed E-state index contributed by atoms with van der Waals surface area (Å²) in [5, 5.41) is 19.5. The monoisotopic (exact) mass is 286 g/mol. The highest BCUT2D eigenvalue weighted by Gasteiger charge is 2.19. The molecule has 0 saturated heterocycles. The van der Waals surface area contributed by atoms with E-state index in [1.165, 1.54) is 11.3 Å². The zero-order valence-electron chi connectivity index (χ0n) is 10.3. The van der Waals surface area contributed by atoms with Crippen LogP contribution in [0.15, 0.2) is 41.9 Å². The molecule has 20 heavy (non-hydrogen) atoms. The number of nitrogens with zero attached hydrogens (tertiary/aromatic N) is 4. The predicted octanol–water partition coefficient (Wildman–Crippen LogP) is 2.02. The molecule has 0 spiro atoms. The zero-order chi connectivity index (χ0) is 13.9. The molecule has 1 N–H and O–H groups in total. The second-order valence-corrected chi connectivity index (χ2v) is 4.92. The van der Waals surface area contributed by atoms with E-state index in [9.17, 15) is 4.79 Å².